The first-order valence-electron chi connectivity index (χ1n) is 6.11. The molecule has 0 spiro atoms. The van der Waals surface area contributed by atoms with Crippen LogP contribution in [0.3, 0.4) is 0 Å². The van der Waals surface area contributed by atoms with Gasteiger partial charge >= 0.3 is 0 Å². The Hall–Kier alpha value is -2.09. The lowest BCUT2D eigenvalue weighted by Gasteiger charge is -2.07. The largest absolute Gasteiger partial charge is 0.384 e. The van der Waals surface area contributed by atoms with Crippen LogP contribution in [-0.4, -0.2) is 11.5 Å². The summed E-state index contributed by atoms with van der Waals surface area (Å²) in [6.07, 6.45) is 4.57. The number of nitro benzene ring substituents is 1. The van der Waals surface area contributed by atoms with Crippen molar-refractivity contribution in [2.45, 2.75) is 32.6 Å². The summed E-state index contributed by atoms with van der Waals surface area (Å²) >= 11 is 0. The lowest BCUT2D eigenvalue weighted by Crippen LogP contribution is -2.03. The Morgan fingerprint density at radius 1 is 1.39 bits per heavy atom. The van der Waals surface area contributed by atoms with Gasteiger partial charge in [0.1, 0.15) is 6.07 Å². The highest BCUT2D eigenvalue weighted by atomic mass is 16.6. The van der Waals surface area contributed by atoms with Gasteiger partial charge in [0.05, 0.1) is 16.2 Å². The molecule has 0 atom stereocenters. The zero-order chi connectivity index (χ0) is 13.4. The second kappa shape index (κ2) is 7.28. The van der Waals surface area contributed by atoms with Crippen LogP contribution in [0.25, 0.3) is 0 Å². The molecule has 0 heterocycles. The van der Waals surface area contributed by atoms with Gasteiger partial charge in [-0.1, -0.05) is 26.2 Å². The predicted molar refractivity (Wildman–Crippen MR) is 70.4 cm³/mol. The molecule has 0 saturated carbocycles. The van der Waals surface area contributed by atoms with Crippen molar-refractivity contribution in [1.82, 2.24) is 0 Å². The van der Waals surface area contributed by atoms with Gasteiger partial charge in [-0.05, 0) is 12.5 Å². The molecule has 0 aliphatic rings. The van der Waals surface area contributed by atoms with Crippen molar-refractivity contribution in [3.05, 3.63) is 33.9 Å². The van der Waals surface area contributed by atoms with E-state index in [2.05, 4.69) is 12.2 Å². The number of nitrogens with zero attached hydrogens (tertiary/aromatic N) is 2. The SMILES string of the molecule is CCCCCCNc1ccc([N+](=O)[O-])cc1C#N. The molecule has 1 rings (SSSR count). The first-order valence-corrected chi connectivity index (χ1v) is 6.11. The van der Waals surface area contributed by atoms with E-state index < -0.39 is 4.92 Å². The molecule has 96 valence electrons. The average molecular weight is 247 g/mol. The molecule has 0 aliphatic heterocycles. The maximum Gasteiger partial charge on any atom is 0.270 e. The predicted octanol–water partition coefficient (Wildman–Crippen LogP) is 3.46. The van der Waals surface area contributed by atoms with E-state index in [0.717, 1.165) is 19.4 Å². The molecule has 0 unspecified atom stereocenters. The maximum absolute atomic E-state index is 10.6. The zero-order valence-electron chi connectivity index (χ0n) is 10.5. The van der Waals surface area contributed by atoms with Crippen molar-refractivity contribution < 1.29 is 4.92 Å². The number of benzene rings is 1. The van der Waals surface area contributed by atoms with Gasteiger partial charge in [-0.25, -0.2) is 0 Å². The fourth-order valence-corrected chi connectivity index (χ4v) is 1.67. The highest BCUT2D eigenvalue weighted by molar-refractivity contribution is 5.61. The van der Waals surface area contributed by atoms with Crippen molar-refractivity contribution in [2.24, 2.45) is 0 Å². The molecule has 0 radical (unpaired) electrons. The first kappa shape index (κ1) is 14.0. The van der Waals surface area contributed by atoms with Gasteiger partial charge in [-0.15, -0.1) is 0 Å². The topological polar surface area (TPSA) is 79.0 Å². The summed E-state index contributed by atoms with van der Waals surface area (Å²) in [7, 11) is 0. The Kier molecular flexibility index (Phi) is 5.65. The van der Waals surface area contributed by atoms with Gasteiger partial charge in [-0.3, -0.25) is 10.1 Å². The first-order chi connectivity index (χ1) is 8.69. The minimum atomic E-state index is -0.494. The summed E-state index contributed by atoms with van der Waals surface area (Å²) in [4.78, 5) is 10.1. The van der Waals surface area contributed by atoms with E-state index in [1.807, 2.05) is 6.07 Å². The molecule has 1 aromatic rings. The summed E-state index contributed by atoms with van der Waals surface area (Å²) in [5.41, 5.74) is 0.933. The van der Waals surface area contributed by atoms with Crippen LogP contribution in [-0.2, 0) is 0 Å². The normalized spacial score (nSPS) is 9.78. The number of nitriles is 1. The van der Waals surface area contributed by atoms with Gasteiger partial charge in [0.2, 0.25) is 0 Å². The zero-order valence-corrected chi connectivity index (χ0v) is 10.5. The molecule has 0 bridgehead atoms. The van der Waals surface area contributed by atoms with E-state index in [0.29, 0.717) is 11.3 Å². The molecule has 0 aliphatic carbocycles. The van der Waals surface area contributed by atoms with Crippen LogP contribution in [0.4, 0.5) is 11.4 Å². The quantitative estimate of drug-likeness (QED) is 0.454. The Balaban J connectivity index is 2.61. The van der Waals surface area contributed by atoms with Crippen molar-refractivity contribution in [1.29, 1.82) is 5.26 Å². The Morgan fingerprint density at radius 2 is 2.17 bits per heavy atom. The van der Waals surface area contributed by atoms with Gasteiger partial charge in [0.15, 0.2) is 0 Å². The third-order valence-corrected chi connectivity index (χ3v) is 2.68. The number of unbranched alkanes of at least 4 members (excludes halogenated alkanes) is 3. The van der Waals surface area contributed by atoms with Gasteiger partial charge in [0, 0.05) is 18.7 Å². The summed E-state index contributed by atoms with van der Waals surface area (Å²) < 4.78 is 0. The Morgan fingerprint density at radius 3 is 2.78 bits per heavy atom. The number of nitrogens with one attached hydrogen (secondary N) is 1. The van der Waals surface area contributed by atoms with E-state index in [4.69, 9.17) is 5.26 Å². The molecule has 0 aromatic heterocycles. The van der Waals surface area contributed by atoms with Gasteiger partial charge < -0.3 is 5.32 Å². The number of non-ortho nitro benzene ring substituents is 1. The van der Waals surface area contributed by atoms with Crippen LogP contribution >= 0.6 is 0 Å². The minimum absolute atomic E-state index is 0.0527. The van der Waals surface area contributed by atoms with Crippen LogP contribution in [0.5, 0.6) is 0 Å². The second-order valence-electron chi connectivity index (χ2n) is 4.09. The van der Waals surface area contributed by atoms with Gasteiger partial charge in [0.25, 0.3) is 5.69 Å². The molecular formula is C13H17N3O2. The highest BCUT2D eigenvalue weighted by Gasteiger charge is 2.09. The molecule has 5 heteroatoms. The fourth-order valence-electron chi connectivity index (χ4n) is 1.67. The molecule has 0 saturated heterocycles. The third-order valence-electron chi connectivity index (χ3n) is 2.68. The van der Waals surface area contributed by atoms with Crippen LogP contribution < -0.4 is 5.32 Å². The monoisotopic (exact) mass is 247 g/mol. The smallest absolute Gasteiger partial charge is 0.270 e. The maximum atomic E-state index is 10.6. The van der Waals surface area contributed by atoms with Crippen LogP contribution in [0.15, 0.2) is 18.2 Å². The number of nitro groups is 1. The Labute approximate surface area is 107 Å². The number of hydrogen-bond acceptors (Lipinski definition) is 4. The van der Waals surface area contributed by atoms with Crippen molar-refractivity contribution in [3.8, 4) is 6.07 Å². The number of hydrogen-bond donors (Lipinski definition) is 1. The van der Waals surface area contributed by atoms with E-state index in [1.54, 1.807) is 6.07 Å². The Bertz CT molecular complexity index is 452. The van der Waals surface area contributed by atoms with E-state index >= 15 is 0 Å². The highest BCUT2D eigenvalue weighted by Crippen LogP contribution is 2.21. The summed E-state index contributed by atoms with van der Waals surface area (Å²) in [6.45, 7) is 2.93. The van der Waals surface area contributed by atoms with Crippen molar-refractivity contribution in [2.75, 3.05) is 11.9 Å². The van der Waals surface area contributed by atoms with E-state index in [9.17, 15) is 10.1 Å². The third kappa shape index (κ3) is 4.06. The molecule has 0 amide bonds. The molecule has 18 heavy (non-hydrogen) atoms. The van der Waals surface area contributed by atoms with Crippen molar-refractivity contribution >= 4 is 11.4 Å². The minimum Gasteiger partial charge on any atom is -0.384 e. The van der Waals surface area contributed by atoms with Crippen LogP contribution in [0, 0.1) is 21.4 Å². The van der Waals surface area contributed by atoms with Crippen LogP contribution in [0.2, 0.25) is 0 Å². The molecule has 0 fully saturated rings. The average Bonchev–Trinajstić information content (AvgIpc) is 2.38. The van der Waals surface area contributed by atoms with Gasteiger partial charge in [-0.2, -0.15) is 5.26 Å². The summed E-state index contributed by atoms with van der Waals surface area (Å²) in [5, 5.41) is 22.7. The molecular weight excluding hydrogens is 230 g/mol. The van der Waals surface area contributed by atoms with E-state index in [-0.39, 0.29) is 5.69 Å². The second-order valence-corrected chi connectivity index (χ2v) is 4.09. The van der Waals surface area contributed by atoms with Crippen molar-refractivity contribution in [3.63, 3.8) is 0 Å². The number of anilines is 1. The molecule has 1 aromatic carbocycles. The lowest BCUT2D eigenvalue weighted by molar-refractivity contribution is -0.384. The molecule has 1 N–H and O–H groups in total. The summed E-state index contributed by atoms with van der Waals surface area (Å²) in [6, 6.07) is 6.28. The summed E-state index contributed by atoms with van der Waals surface area (Å²) in [5.74, 6) is 0. The van der Waals surface area contributed by atoms with Crippen LogP contribution in [0.1, 0.15) is 38.2 Å². The standard InChI is InChI=1S/C13H17N3O2/c1-2-3-4-5-8-15-13-7-6-12(16(17)18)9-11(13)10-14/h6-7,9,15H,2-5,8H2,1H3. The lowest BCUT2D eigenvalue weighted by atomic mass is 10.1. The fraction of sp³-hybridized carbons (Fsp3) is 0.462. The number of rotatable bonds is 7. The van der Waals surface area contributed by atoms with E-state index in [1.165, 1.54) is 25.0 Å². The molecule has 5 nitrogen and oxygen atoms in total.